The average Bonchev–Trinajstić information content (AvgIpc) is 2.16. The van der Waals surface area contributed by atoms with Crippen molar-refractivity contribution in [3.63, 3.8) is 0 Å². The zero-order valence-electron chi connectivity index (χ0n) is 7.79. The Bertz CT molecular complexity index is 113. The number of rotatable bonds is 4. The highest BCUT2D eigenvalue weighted by atomic mass is 16.5. The molecule has 2 unspecified atom stereocenters. The highest BCUT2D eigenvalue weighted by molar-refractivity contribution is 4.63. The van der Waals surface area contributed by atoms with Crippen molar-refractivity contribution in [1.29, 1.82) is 0 Å². The molecule has 2 atom stereocenters. The third kappa shape index (κ3) is 3.52. The van der Waals surface area contributed by atoms with Crippen LogP contribution >= 0.6 is 0 Å². The molecule has 12 heavy (non-hydrogen) atoms. The van der Waals surface area contributed by atoms with Crippen molar-refractivity contribution >= 4 is 0 Å². The molecule has 3 nitrogen and oxygen atoms in total. The van der Waals surface area contributed by atoms with Crippen LogP contribution in [-0.2, 0) is 9.47 Å². The van der Waals surface area contributed by atoms with Gasteiger partial charge in [-0.2, -0.15) is 0 Å². The Labute approximate surface area is 74.2 Å². The molecule has 0 aromatic heterocycles. The summed E-state index contributed by atoms with van der Waals surface area (Å²) in [5.41, 5.74) is 5.42. The summed E-state index contributed by atoms with van der Waals surface area (Å²) in [5.74, 6) is 0. The summed E-state index contributed by atoms with van der Waals surface area (Å²) >= 11 is 0. The van der Waals surface area contributed by atoms with Crippen LogP contribution in [0.3, 0.4) is 0 Å². The summed E-state index contributed by atoms with van der Waals surface area (Å²) in [6.07, 6.45) is 4.08. The second kappa shape index (κ2) is 5.51. The lowest BCUT2D eigenvalue weighted by Crippen LogP contribution is -2.29. The normalized spacial score (nSPS) is 27.0. The largest absolute Gasteiger partial charge is 0.376 e. The monoisotopic (exact) mass is 173 g/mol. The van der Waals surface area contributed by atoms with Gasteiger partial charge in [-0.15, -0.1) is 0 Å². The zero-order chi connectivity index (χ0) is 8.81. The summed E-state index contributed by atoms with van der Waals surface area (Å²) in [6, 6.07) is 0. The molecule has 0 spiro atoms. The lowest BCUT2D eigenvalue weighted by Gasteiger charge is -2.23. The van der Waals surface area contributed by atoms with Gasteiger partial charge in [-0.3, -0.25) is 0 Å². The molecule has 0 saturated carbocycles. The highest BCUT2D eigenvalue weighted by Crippen LogP contribution is 2.13. The molecule has 1 rings (SSSR count). The molecule has 1 fully saturated rings. The predicted molar refractivity (Wildman–Crippen MR) is 48.1 cm³/mol. The Kier molecular flexibility index (Phi) is 4.58. The van der Waals surface area contributed by atoms with Crippen molar-refractivity contribution in [2.75, 3.05) is 19.8 Å². The number of hydrogen-bond donors (Lipinski definition) is 1. The van der Waals surface area contributed by atoms with E-state index in [2.05, 4.69) is 0 Å². The first-order chi connectivity index (χ1) is 5.83. The molecule has 1 aliphatic heterocycles. The molecule has 0 aromatic carbocycles. The SMILES string of the molecule is CC(CN)OCC1CCCCO1. The first-order valence-electron chi connectivity index (χ1n) is 4.76. The van der Waals surface area contributed by atoms with Gasteiger partial charge in [-0.1, -0.05) is 0 Å². The van der Waals surface area contributed by atoms with Crippen molar-refractivity contribution in [2.24, 2.45) is 5.73 Å². The van der Waals surface area contributed by atoms with Crippen molar-refractivity contribution in [3.05, 3.63) is 0 Å². The fourth-order valence-corrected chi connectivity index (χ4v) is 1.28. The minimum Gasteiger partial charge on any atom is -0.376 e. The molecule has 0 radical (unpaired) electrons. The van der Waals surface area contributed by atoms with Gasteiger partial charge in [0.15, 0.2) is 0 Å². The molecule has 1 heterocycles. The summed E-state index contributed by atoms with van der Waals surface area (Å²) in [6.45, 7) is 4.18. The lowest BCUT2D eigenvalue weighted by atomic mass is 10.1. The van der Waals surface area contributed by atoms with Gasteiger partial charge in [-0.05, 0) is 26.2 Å². The van der Waals surface area contributed by atoms with Gasteiger partial charge >= 0.3 is 0 Å². The van der Waals surface area contributed by atoms with Gasteiger partial charge in [0.05, 0.1) is 18.8 Å². The third-order valence-corrected chi connectivity index (χ3v) is 2.17. The third-order valence-electron chi connectivity index (χ3n) is 2.17. The van der Waals surface area contributed by atoms with Crippen molar-refractivity contribution in [3.8, 4) is 0 Å². The second-order valence-electron chi connectivity index (χ2n) is 3.37. The van der Waals surface area contributed by atoms with E-state index in [-0.39, 0.29) is 6.10 Å². The molecule has 0 aromatic rings. The molecule has 0 aliphatic carbocycles. The summed E-state index contributed by atoms with van der Waals surface area (Å²) in [4.78, 5) is 0. The summed E-state index contributed by atoms with van der Waals surface area (Å²) in [7, 11) is 0. The van der Waals surface area contributed by atoms with Gasteiger partial charge in [0.2, 0.25) is 0 Å². The van der Waals surface area contributed by atoms with Gasteiger partial charge < -0.3 is 15.2 Å². The predicted octanol–water partition coefficient (Wildman–Crippen LogP) is 0.919. The quantitative estimate of drug-likeness (QED) is 0.687. The lowest BCUT2D eigenvalue weighted by molar-refractivity contribution is -0.0569. The molecule has 0 amide bonds. The van der Waals surface area contributed by atoms with Crippen LogP contribution in [0, 0.1) is 0 Å². The maximum Gasteiger partial charge on any atom is 0.0808 e. The minimum absolute atomic E-state index is 0.163. The number of nitrogens with two attached hydrogens (primary N) is 1. The maximum atomic E-state index is 5.51. The average molecular weight is 173 g/mol. The van der Waals surface area contributed by atoms with Gasteiger partial charge in [0, 0.05) is 13.2 Å². The standard InChI is InChI=1S/C9H19NO2/c1-8(6-10)12-7-9-4-2-3-5-11-9/h8-9H,2-7,10H2,1H3. The van der Waals surface area contributed by atoms with E-state index in [4.69, 9.17) is 15.2 Å². The van der Waals surface area contributed by atoms with E-state index < -0.39 is 0 Å². The van der Waals surface area contributed by atoms with E-state index in [9.17, 15) is 0 Å². The Balaban J connectivity index is 2.05. The van der Waals surface area contributed by atoms with E-state index >= 15 is 0 Å². The molecule has 2 N–H and O–H groups in total. The molecular formula is C9H19NO2. The Morgan fingerprint density at radius 2 is 2.42 bits per heavy atom. The smallest absolute Gasteiger partial charge is 0.0808 e. The van der Waals surface area contributed by atoms with Crippen LogP contribution in [-0.4, -0.2) is 32.0 Å². The van der Waals surface area contributed by atoms with Crippen molar-refractivity contribution < 1.29 is 9.47 Å². The second-order valence-corrected chi connectivity index (χ2v) is 3.37. The minimum atomic E-state index is 0.163. The molecular weight excluding hydrogens is 154 g/mol. The maximum absolute atomic E-state index is 5.51. The van der Waals surface area contributed by atoms with E-state index in [1.165, 1.54) is 12.8 Å². The Hall–Kier alpha value is -0.120. The van der Waals surface area contributed by atoms with Crippen LogP contribution in [0.15, 0.2) is 0 Å². The Morgan fingerprint density at radius 3 is 3.00 bits per heavy atom. The fourth-order valence-electron chi connectivity index (χ4n) is 1.28. The van der Waals surface area contributed by atoms with Crippen LogP contribution in [0.4, 0.5) is 0 Å². The van der Waals surface area contributed by atoms with Crippen LogP contribution < -0.4 is 5.73 Å². The molecule has 1 saturated heterocycles. The van der Waals surface area contributed by atoms with Gasteiger partial charge in [0.1, 0.15) is 0 Å². The zero-order valence-corrected chi connectivity index (χ0v) is 7.79. The first kappa shape index (κ1) is 9.96. The fraction of sp³-hybridized carbons (Fsp3) is 1.00. The molecule has 3 heteroatoms. The first-order valence-corrected chi connectivity index (χ1v) is 4.76. The van der Waals surface area contributed by atoms with E-state index in [1.807, 2.05) is 6.92 Å². The van der Waals surface area contributed by atoms with Gasteiger partial charge in [0.25, 0.3) is 0 Å². The highest BCUT2D eigenvalue weighted by Gasteiger charge is 2.14. The van der Waals surface area contributed by atoms with Crippen LogP contribution in [0.5, 0.6) is 0 Å². The Morgan fingerprint density at radius 1 is 1.58 bits per heavy atom. The van der Waals surface area contributed by atoms with E-state index in [1.54, 1.807) is 0 Å². The molecule has 1 aliphatic rings. The summed E-state index contributed by atoms with van der Waals surface area (Å²) in [5, 5.41) is 0. The van der Waals surface area contributed by atoms with Crippen molar-refractivity contribution in [1.82, 2.24) is 0 Å². The van der Waals surface area contributed by atoms with Crippen LogP contribution in [0.1, 0.15) is 26.2 Å². The molecule has 72 valence electrons. The molecule has 0 bridgehead atoms. The van der Waals surface area contributed by atoms with Gasteiger partial charge in [-0.25, -0.2) is 0 Å². The summed E-state index contributed by atoms with van der Waals surface area (Å²) < 4.78 is 11.0. The van der Waals surface area contributed by atoms with Crippen LogP contribution in [0.2, 0.25) is 0 Å². The topological polar surface area (TPSA) is 44.5 Å². The van der Waals surface area contributed by atoms with Crippen molar-refractivity contribution in [2.45, 2.75) is 38.4 Å². The number of ether oxygens (including phenoxy) is 2. The van der Waals surface area contributed by atoms with Crippen LogP contribution in [0.25, 0.3) is 0 Å². The number of hydrogen-bond acceptors (Lipinski definition) is 3. The van der Waals surface area contributed by atoms with E-state index in [0.717, 1.165) is 13.0 Å². The van der Waals surface area contributed by atoms with E-state index in [0.29, 0.717) is 19.3 Å².